The lowest BCUT2D eigenvalue weighted by Gasteiger charge is -2.35. The van der Waals surface area contributed by atoms with Crippen LogP contribution in [0.15, 0.2) is 82.6 Å². The van der Waals surface area contributed by atoms with Gasteiger partial charge >= 0.3 is 6.03 Å². The van der Waals surface area contributed by atoms with Crippen LogP contribution in [-0.4, -0.2) is 26.5 Å². The van der Waals surface area contributed by atoms with Crippen LogP contribution in [0.25, 0.3) is 0 Å². The summed E-state index contributed by atoms with van der Waals surface area (Å²) in [6.45, 7) is 0.274. The van der Waals surface area contributed by atoms with Gasteiger partial charge in [-0.3, -0.25) is 10.3 Å². The number of rotatable bonds is 5. The third kappa shape index (κ3) is 4.59. The van der Waals surface area contributed by atoms with Gasteiger partial charge in [-0.15, -0.1) is 0 Å². The smallest absolute Gasteiger partial charge is 0.323 e. The predicted molar refractivity (Wildman–Crippen MR) is 127 cm³/mol. The van der Waals surface area contributed by atoms with Crippen LogP contribution in [0.4, 0.5) is 10.5 Å². The zero-order valence-electron chi connectivity index (χ0n) is 17.9. The van der Waals surface area contributed by atoms with Crippen molar-refractivity contribution in [1.29, 1.82) is 5.41 Å². The minimum atomic E-state index is -3.65. The van der Waals surface area contributed by atoms with Crippen molar-refractivity contribution in [2.75, 3.05) is 4.90 Å². The van der Waals surface area contributed by atoms with Crippen molar-refractivity contribution in [3.8, 4) is 0 Å². The number of urea groups is 1. The second kappa shape index (κ2) is 9.05. The number of fused-ring (bicyclic) bond motifs is 1. The minimum Gasteiger partial charge on any atom is -0.384 e. The monoisotopic (exact) mass is 463 g/mol. The highest BCUT2D eigenvalue weighted by molar-refractivity contribution is 7.91. The van der Waals surface area contributed by atoms with Gasteiger partial charge in [0.15, 0.2) is 0 Å². The standard InChI is InChI=1S/C24H25N5O3S/c25-22-13-10-18-14-20(33(31,32)19-4-2-1-3-5-19)11-12-21(18)29(22)24(30)28-15-16-6-8-17(9-7-16)23(26)27/h1-9,11-12,14,22H,10,13,15,25H2,(H3,26,27)(H,28,30). The van der Waals surface area contributed by atoms with Gasteiger partial charge in [-0.05, 0) is 54.3 Å². The van der Waals surface area contributed by atoms with Gasteiger partial charge in [0.2, 0.25) is 9.84 Å². The third-order valence-electron chi connectivity index (χ3n) is 5.64. The van der Waals surface area contributed by atoms with Gasteiger partial charge in [-0.1, -0.05) is 42.5 Å². The van der Waals surface area contributed by atoms with Gasteiger partial charge in [-0.2, -0.15) is 0 Å². The number of benzene rings is 3. The Morgan fingerprint density at radius 3 is 2.39 bits per heavy atom. The number of sulfone groups is 1. The number of anilines is 1. The largest absolute Gasteiger partial charge is 0.384 e. The number of amides is 2. The summed E-state index contributed by atoms with van der Waals surface area (Å²) in [4.78, 5) is 14.9. The first kappa shape index (κ1) is 22.5. The number of carbonyl (C=O) groups is 1. The molecule has 1 heterocycles. The number of hydrogen-bond donors (Lipinski definition) is 4. The van der Waals surface area contributed by atoms with Crippen LogP contribution in [0.1, 0.15) is 23.1 Å². The van der Waals surface area contributed by atoms with E-state index in [1.165, 1.54) is 11.0 Å². The van der Waals surface area contributed by atoms with Gasteiger partial charge < -0.3 is 16.8 Å². The Morgan fingerprint density at radius 1 is 1.03 bits per heavy atom. The Balaban J connectivity index is 1.55. The number of nitrogens with zero attached hydrogens (tertiary/aromatic N) is 1. The van der Waals surface area contributed by atoms with Crippen molar-refractivity contribution in [1.82, 2.24) is 5.32 Å². The summed E-state index contributed by atoms with van der Waals surface area (Å²) in [5, 5.41) is 10.3. The van der Waals surface area contributed by atoms with Crippen molar-refractivity contribution in [2.45, 2.75) is 35.3 Å². The first-order valence-corrected chi connectivity index (χ1v) is 11.9. The summed E-state index contributed by atoms with van der Waals surface area (Å²) in [7, 11) is -3.65. The van der Waals surface area contributed by atoms with Gasteiger partial charge in [0.05, 0.1) is 21.6 Å². The number of nitrogens with one attached hydrogen (secondary N) is 2. The zero-order chi connectivity index (χ0) is 23.6. The van der Waals surface area contributed by atoms with E-state index in [4.69, 9.17) is 16.9 Å². The highest BCUT2D eigenvalue weighted by Gasteiger charge is 2.30. The van der Waals surface area contributed by atoms with E-state index in [2.05, 4.69) is 5.32 Å². The van der Waals surface area contributed by atoms with E-state index < -0.39 is 16.0 Å². The normalized spacial score (nSPS) is 15.5. The molecule has 0 spiro atoms. The Morgan fingerprint density at radius 2 is 1.73 bits per heavy atom. The molecule has 0 saturated carbocycles. The van der Waals surface area contributed by atoms with Crippen LogP contribution in [0.5, 0.6) is 0 Å². The van der Waals surface area contributed by atoms with Crippen LogP contribution < -0.4 is 21.7 Å². The highest BCUT2D eigenvalue weighted by atomic mass is 32.2. The number of nitrogen functional groups attached to an aromatic ring is 1. The lowest BCUT2D eigenvalue weighted by Crippen LogP contribution is -2.52. The summed E-state index contributed by atoms with van der Waals surface area (Å²) in [6.07, 6.45) is 0.571. The first-order chi connectivity index (χ1) is 15.8. The maximum atomic E-state index is 13.0. The molecule has 0 aromatic heterocycles. The van der Waals surface area contributed by atoms with E-state index in [0.29, 0.717) is 24.1 Å². The van der Waals surface area contributed by atoms with Crippen molar-refractivity contribution >= 4 is 27.4 Å². The van der Waals surface area contributed by atoms with Crippen molar-refractivity contribution < 1.29 is 13.2 Å². The third-order valence-corrected chi connectivity index (χ3v) is 7.41. The average Bonchev–Trinajstić information content (AvgIpc) is 2.83. The van der Waals surface area contributed by atoms with Gasteiger partial charge in [0, 0.05) is 12.1 Å². The van der Waals surface area contributed by atoms with E-state index in [9.17, 15) is 13.2 Å². The molecule has 6 N–H and O–H groups in total. The Bertz CT molecular complexity index is 1290. The molecular weight excluding hydrogens is 438 g/mol. The molecule has 3 aromatic rings. The molecule has 9 heteroatoms. The molecular formula is C24H25N5O3S. The molecule has 0 aliphatic carbocycles. The SMILES string of the molecule is N=C(N)c1ccc(CNC(=O)N2c3ccc(S(=O)(=O)c4ccccc4)cc3CCC2N)cc1. The van der Waals surface area contributed by atoms with Crippen LogP contribution >= 0.6 is 0 Å². The Hall–Kier alpha value is -3.69. The summed E-state index contributed by atoms with van der Waals surface area (Å²) in [5.74, 6) is -0.0184. The quantitative estimate of drug-likeness (QED) is 0.340. The number of aryl methyl sites for hydroxylation is 1. The molecule has 0 fully saturated rings. The van der Waals surface area contributed by atoms with Gasteiger partial charge in [0.25, 0.3) is 0 Å². The number of hydrogen-bond acceptors (Lipinski definition) is 5. The minimum absolute atomic E-state index is 0.0184. The second-order valence-corrected chi connectivity index (χ2v) is 9.80. The molecule has 2 amide bonds. The van der Waals surface area contributed by atoms with Crippen molar-refractivity contribution in [3.63, 3.8) is 0 Å². The molecule has 1 unspecified atom stereocenters. The first-order valence-electron chi connectivity index (χ1n) is 10.5. The molecule has 1 aliphatic rings. The fourth-order valence-electron chi connectivity index (χ4n) is 3.84. The maximum Gasteiger partial charge on any atom is 0.323 e. The molecule has 0 saturated heterocycles. The van der Waals surface area contributed by atoms with Gasteiger partial charge in [0.1, 0.15) is 5.84 Å². The summed E-state index contributed by atoms with van der Waals surface area (Å²) in [5.41, 5.74) is 14.5. The van der Waals surface area contributed by atoms with E-state index >= 15 is 0 Å². The van der Waals surface area contributed by atoms with Crippen LogP contribution in [0.3, 0.4) is 0 Å². The van der Waals surface area contributed by atoms with Gasteiger partial charge in [-0.25, -0.2) is 13.2 Å². The molecule has 4 rings (SSSR count). The topological polar surface area (TPSA) is 142 Å². The van der Waals surface area contributed by atoms with E-state index in [1.807, 2.05) is 0 Å². The van der Waals surface area contributed by atoms with Crippen molar-refractivity contribution in [2.24, 2.45) is 11.5 Å². The molecule has 1 aliphatic heterocycles. The zero-order valence-corrected chi connectivity index (χ0v) is 18.7. The number of carbonyl (C=O) groups excluding carboxylic acids is 1. The Labute approximate surface area is 192 Å². The highest BCUT2D eigenvalue weighted by Crippen LogP contribution is 2.33. The average molecular weight is 464 g/mol. The summed E-state index contributed by atoms with van der Waals surface area (Å²) >= 11 is 0. The molecule has 8 nitrogen and oxygen atoms in total. The van der Waals surface area contributed by atoms with Crippen LogP contribution in [0, 0.1) is 5.41 Å². The molecule has 0 bridgehead atoms. The number of amidine groups is 1. The molecule has 1 atom stereocenters. The van der Waals surface area contributed by atoms with E-state index in [0.717, 1.165) is 11.1 Å². The number of nitrogens with two attached hydrogens (primary N) is 2. The molecule has 170 valence electrons. The predicted octanol–water partition coefficient (Wildman–Crippen LogP) is 2.75. The maximum absolute atomic E-state index is 13.0. The molecule has 33 heavy (non-hydrogen) atoms. The van der Waals surface area contributed by atoms with Crippen LogP contribution in [0.2, 0.25) is 0 Å². The summed E-state index contributed by atoms with van der Waals surface area (Å²) < 4.78 is 26.0. The fraction of sp³-hybridized carbons (Fsp3) is 0.167. The summed E-state index contributed by atoms with van der Waals surface area (Å²) in [6, 6.07) is 19.7. The van der Waals surface area contributed by atoms with E-state index in [-0.39, 0.29) is 28.2 Å². The lowest BCUT2D eigenvalue weighted by molar-refractivity contribution is 0.242. The van der Waals surface area contributed by atoms with Crippen molar-refractivity contribution in [3.05, 3.63) is 89.5 Å². The van der Waals surface area contributed by atoms with E-state index in [1.54, 1.807) is 66.7 Å². The lowest BCUT2D eigenvalue weighted by atomic mass is 10.00. The second-order valence-electron chi connectivity index (χ2n) is 7.85. The Kier molecular flexibility index (Phi) is 6.17. The molecule has 3 aromatic carbocycles. The molecule has 0 radical (unpaired) electrons. The fourth-order valence-corrected chi connectivity index (χ4v) is 5.17. The van der Waals surface area contributed by atoms with Crippen LogP contribution in [-0.2, 0) is 22.8 Å².